The highest BCUT2D eigenvalue weighted by Gasteiger charge is 2.28. The molecule has 0 unspecified atom stereocenters. The van der Waals surface area contributed by atoms with E-state index < -0.39 is 10.0 Å². The van der Waals surface area contributed by atoms with Gasteiger partial charge in [0.05, 0.1) is 5.69 Å². The maximum Gasteiger partial charge on any atom is 0.260 e. The van der Waals surface area contributed by atoms with Crippen molar-refractivity contribution in [2.45, 2.75) is 38.3 Å². The van der Waals surface area contributed by atoms with Crippen molar-refractivity contribution in [2.75, 3.05) is 0 Å². The molecule has 0 saturated heterocycles. The molecule has 0 bridgehead atoms. The standard InChI is InChI=1S/C15H18N4O2S2/c1-10(2)13-14(19-15(17-13)22-11(3)18-19)23(20,21)16-9-12-7-5-4-6-8-12/h4-8,10,16H,9H2,1-3H3. The summed E-state index contributed by atoms with van der Waals surface area (Å²) in [7, 11) is -3.71. The van der Waals surface area contributed by atoms with E-state index in [0.717, 1.165) is 10.6 Å². The Morgan fingerprint density at radius 1 is 1.26 bits per heavy atom. The van der Waals surface area contributed by atoms with E-state index in [1.807, 2.05) is 51.1 Å². The lowest BCUT2D eigenvalue weighted by Gasteiger charge is -2.09. The Kier molecular flexibility index (Phi) is 4.22. The fourth-order valence-corrected chi connectivity index (χ4v) is 4.52. The van der Waals surface area contributed by atoms with Crippen molar-refractivity contribution in [1.29, 1.82) is 0 Å². The van der Waals surface area contributed by atoms with Gasteiger partial charge in [-0.15, -0.1) is 0 Å². The highest BCUT2D eigenvalue weighted by Crippen LogP contribution is 2.27. The molecule has 0 aliphatic carbocycles. The normalized spacial score (nSPS) is 12.3. The number of fused-ring (bicyclic) bond motifs is 1. The molecule has 8 heteroatoms. The first-order chi connectivity index (χ1) is 10.9. The first-order valence-electron chi connectivity index (χ1n) is 7.28. The zero-order chi connectivity index (χ0) is 16.6. The summed E-state index contributed by atoms with van der Waals surface area (Å²) in [6.07, 6.45) is 0. The molecule has 6 nitrogen and oxygen atoms in total. The van der Waals surface area contributed by atoms with Crippen LogP contribution < -0.4 is 4.72 Å². The van der Waals surface area contributed by atoms with Gasteiger partial charge in [-0.05, 0) is 18.4 Å². The fraction of sp³-hybridized carbons (Fsp3) is 0.333. The largest absolute Gasteiger partial charge is 0.260 e. The maximum absolute atomic E-state index is 12.8. The Balaban J connectivity index is 2.01. The van der Waals surface area contributed by atoms with Crippen LogP contribution in [0.25, 0.3) is 4.96 Å². The Morgan fingerprint density at radius 3 is 2.61 bits per heavy atom. The van der Waals surface area contributed by atoms with E-state index in [9.17, 15) is 8.42 Å². The van der Waals surface area contributed by atoms with Crippen LogP contribution in [0.15, 0.2) is 35.4 Å². The average Bonchev–Trinajstić information content (AvgIpc) is 3.02. The summed E-state index contributed by atoms with van der Waals surface area (Å²) < 4.78 is 29.7. The molecule has 0 saturated carbocycles. The SMILES string of the molecule is Cc1nn2c(S(=O)(=O)NCc3ccccc3)c(C(C)C)nc2s1. The lowest BCUT2D eigenvalue weighted by molar-refractivity contribution is 0.569. The van der Waals surface area contributed by atoms with Gasteiger partial charge in [0, 0.05) is 6.54 Å². The quantitative estimate of drug-likeness (QED) is 0.767. The maximum atomic E-state index is 12.8. The topological polar surface area (TPSA) is 76.4 Å². The van der Waals surface area contributed by atoms with Crippen molar-refractivity contribution in [3.8, 4) is 0 Å². The molecular formula is C15H18N4O2S2. The van der Waals surface area contributed by atoms with Gasteiger partial charge in [0.25, 0.3) is 10.0 Å². The number of benzene rings is 1. The minimum Gasteiger partial charge on any atom is -0.221 e. The molecular weight excluding hydrogens is 332 g/mol. The molecule has 0 aliphatic rings. The highest BCUT2D eigenvalue weighted by molar-refractivity contribution is 7.89. The number of imidazole rings is 1. The third-order valence-electron chi connectivity index (χ3n) is 3.40. The van der Waals surface area contributed by atoms with E-state index in [-0.39, 0.29) is 17.5 Å². The predicted molar refractivity (Wildman–Crippen MR) is 90.2 cm³/mol. The molecule has 0 spiro atoms. The predicted octanol–water partition coefficient (Wildman–Crippen LogP) is 2.70. The lowest BCUT2D eigenvalue weighted by atomic mass is 10.2. The summed E-state index contributed by atoms with van der Waals surface area (Å²) in [5, 5.41) is 5.21. The van der Waals surface area contributed by atoms with Crippen LogP contribution in [0, 0.1) is 6.92 Å². The van der Waals surface area contributed by atoms with E-state index in [1.165, 1.54) is 15.9 Å². The minimum atomic E-state index is -3.71. The molecule has 2 aromatic heterocycles. The van der Waals surface area contributed by atoms with E-state index >= 15 is 0 Å². The van der Waals surface area contributed by atoms with Crippen LogP contribution >= 0.6 is 11.3 Å². The van der Waals surface area contributed by atoms with Gasteiger partial charge in [-0.1, -0.05) is 55.5 Å². The van der Waals surface area contributed by atoms with E-state index in [2.05, 4.69) is 14.8 Å². The molecule has 122 valence electrons. The minimum absolute atomic E-state index is 0.00694. The van der Waals surface area contributed by atoms with Gasteiger partial charge < -0.3 is 0 Å². The van der Waals surface area contributed by atoms with Crippen molar-refractivity contribution in [3.63, 3.8) is 0 Å². The van der Waals surface area contributed by atoms with Gasteiger partial charge in [-0.25, -0.2) is 18.1 Å². The summed E-state index contributed by atoms with van der Waals surface area (Å²) in [6.45, 7) is 5.92. The Hall–Kier alpha value is -1.77. The van der Waals surface area contributed by atoms with Crippen LogP contribution in [0.3, 0.4) is 0 Å². The van der Waals surface area contributed by atoms with Gasteiger partial charge in [-0.3, -0.25) is 0 Å². The van der Waals surface area contributed by atoms with Crippen molar-refractivity contribution >= 4 is 26.3 Å². The molecule has 0 radical (unpaired) electrons. The molecule has 0 amide bonds. The molecule has 23 heavy (non-hydrogen) atoms. The van der Waals surface area contributed by atoms with Gasteiger partial charge in [0.15, 0.2) is 5.03 Å². The molecule has 1 N–H and O–H groups in total. The smallest absolute Gasteiger partial charge is 0.221 e. The molecule has 0 atom stereocenters. The first-order valence-corrected chi connectivity index (χ1v) is 9.58. The zero-order valence-corrected chi connectivity index (χ0v) is 14.8. The molecule has 1 aromatic carbocycles. The van der Waals surface area contributed by atoms with Crippen molar-refractivity contribution < 1.29 is 8.42 Å². The van der Waals surface area contributed by atoms with E-state index in [4.69, 9.17) is 0 Å². The summed E-state index contributed by atoms with van der Waals surface area (Å²) in [6, 6.07) is 9.41. The van der Waals surface area contributed by atoms with E-state index in [1.54, 1.807) is 0 Å². The Bertz CT molecular complexity index is 927. The molecule has 0 aliphatic heterocycles. The number of hydrogen-bond acceptors (Lipinski definition) is 5. The van der Waals surface area contributed by atoms with Crippen LogP contribution in [-0.4, -0.2) is 23.0 Å². The number of aryl methyl sites for hydroxylation is 1. The monoisotopic (exact) mass is 350 g/mol. The second-order valence-corrected chi connectivity index (χ2v) is 8.42. The van der Waals surface area contributed by atoms with Crippen molar-refractivity contribution in [1.82, 2.24) is 19.3 Å². The number of hydrogen-bond donors (Lipinski definition) is 1. The Labute approximate surface area is 139 Å². The lowest BCUT2D eigenvalue weighted by Crippen LogP contribution is -2.26. The van der Waals surface area contributed by atoms with Crippen LogP contribution in [0.1, 0.15) is 36.0 Å². The first kappa shape index (κ1) is 16.1. The third kappa shape index (κ3) is 3.15. The molecule has 2 heterocycles. The van der Waals surface area contributed by atoms with Crippen LogP contribution in [0.2, 0.25) is 0 Å². The van der Waals surface area contributed by atoms with Crippen LogP contribution in [0.5, 0.6) is 0 Å². The van der Waals surface area contributed by atoms with Gasteiger partial charge in [-0.2, -0.15) is 9.61 Å². The number of nitrogens with zero attached hydrogens (tertiary/aromatic N) is 3. The molecule has 3 aromatic rings. The van der Waals surface area contributed by atoms with Gasteiger partial charge >= 0.3 is 0 Å². The van der Waals surface area contributed by atoms with Crippen LogP contribution in [-0.2, 0) is 16.6 Å². The highest BCUT2D eigenvalue weighted by atomic mass is 32.2. The second kappa shape index (κ2) is 6.03. The number of rotatable bonds is 5. The molecule has 0 fully saturated rings. The average molecular weight is 350 g/mol. The number of aromatic nitrogens is 3. The third-order valence-corrected chi connectivity index (χ3v) is 5.64. The number of sulfonamides is 1. The fourth-order valence-electron chi connectivity index (χ4n) is 2.31. The van der Waals surface area contributed by atoms with Gasteiger partial charge in [0.1, 0.15) is 5.01 Å². The second-order valence-electron chi connectivity index (χ2n) is 5.58. The van der Waals surface area contributed by atoms with Crippen molar-refractivity contribution in [3.05, 3.63) is 46.6 Å². The summed E-state index contributed by atoms with van der Waals surface area (Å²) in [5.41, 5.74) is 1.45. The molecule has 3 rings (SSSR count). The zero-order valence-electron chi connectivity index (χ0n) is 13.1. The van der Waals surface area contributed by atoms with Crippen LogP contribution in [0.4, 0.5) is 0 Å². The van der Waals surface area contributed by atoms with Gasteiger partial charge in [0.2, 0.25) is 4.96 Å². The summed E-state index contributed by atoms with van der Waals surface area (Å²) in [5.74, 6) is -0.00694. The summed E-state index contributed by atoms with van der Waals surface area (Å²) in [4.78, 5) is 5.06. The van der Waals surface area contributed by atoms with Crippen molar-refractivity contribution in [2.24, 2.45) is 0 Å². The summed E-state index contributed by atoms with van der Waals surface area (Å²) >= 11 is 1.38. The van der Waals surface area contributed by atoms with E-state index in [0.29, 0.717) is 10.7 Å². The Morgan fingerprint density at radius 2 is 1.96 bits per heavy atom. The number of nitrogens with one attached hydrogen (secondary N) is 1.